The lowest BCUT2D eigenvalue weighted by Gasteiger charge is -2.14. The molecule has 5 heteroatoms. The van der Waals surface area contributed by atoms with Crippen LogP contribution in [-0.2, 0) is 6.18 Å². The molecule has 0 radical (unpaired) electrons. The number of hydrogen-bond acceptors (Lipinski definition) is 1. The summed E-state index contributed by atoms with van der Waals surface area (Å²) in [7, 11) is 0. The Morgan fingerprint density at radius 2 is 1.38 bits per heavy atom. The molecule has 0 bridgehead atoms. The Labute approximate surface area is 151 Å². The SMILES string of the molecule is CC(=CC(C)(C)C)c1ccc(C(=O)Nc2ccc(C(F)(F)F)cc2)cc1. The number of hydrogen-bond donors (Lipinski definition) is 1. The monoisotopic (exact) mass is 361 g/mol. The Morgan fingerprint density at radius 3 is 1.85 bits per heavy atom. The van der Waals surface area contributed by atoms with Gasteiger partial charge in [-0.05, 0) is 59.9 Å². The van der Waals surface area contributed by atoms with Crippen molar-refractivity contribution < 1.29 is 18.0 Å². The van der Waals surface area contributed by atoms with Crippen LogP contribution in [0.1, 0.15) is 49.2 Å². The van der Waals surface area contributed by atoms with Gasteiger partial charge in [-0.3, -0.25) is 4.79 Å². The van der Waals surface area contributed by atoms with Crippen molar-refractivity contribution in [1.82, 2.24) is 0 Å². The van der Waals surface area contributed by atoms with Crippen molar-refractivity contribution in [3.63, 3.8) is 0 Å². The van der Waals surface area contributed by atoms with E-state index in [-0.39, 0.29) is 11.3 Å². The molecule has 0 atom stereocenters. The van der Waals surface area contributed by atoms with Crippen LogP contribution in [0.3, 0.4) is 0 Å². The van der Waals surface area contributed by atoms with Crippen LogP contribution in [-0.4, -0.2) is 5.91 Å². The van der Waals surface area contributed by atoms with E-state index < -0.39 is 11.7 Å². The summed E-state index contributed by atoms with van der Waals surface area (Å²) < 4.78 is 37.7. The lowest BCUT2D eigenvalue weighted by Crippen LogP contribution is -2.12. The molecule has 26 heavy (non-hydrogen) atoms. The Bertz CT molecular complexity index is 795. The molecule has 2 rings (SSSR count). The van der Waals surface area contributed by atoms with E-state index in [9.17, 15) is 18.0 Å². The highest BCUT2D eigenvalue weighted by atomic mass is 19.4. The first-order valence-electron chi connectivity index (χ1n) is 8.24. The van der Waals surface area contributed by atoms with Crippen molar-refractivity contribution >= 4 is 17.2 Å². The van der Waals surface area contributed by atoms with Gasteiger partial charge in [0.05, 0.1) is 5.56 Å². The van der Waals surface area contributed by atoms with Gasteiger partial charge in [0.1, 0.15) is 0 Å². The molecule has 0 aliphatic carbocycles. The van der Waals surface area contributed by atoms with Crippen LogP contribution in [0.25, 0.3) is 5.57 Å². The normalized spacial score (nSPS) is 12.8. The molecule has 2 aromatic carbocycles. The molecule has 0 spiro atoms. The number of anilines is 1. The third-order valence-corrected chi connectivity index (χ3v) is 3.72. The fraction of sp³-hybridized carbons (Fsp3) is 0.286. The number of benzene rings is 2. The van der Waals surface area contributed by atoms with Gasteiger partial charge in [0.2, 0.25) is 0 Å². The summed E-state index contributed by atoms with van der Waals surface area (Å²) in [4.78, 5) is 12.3. The van der Waals surface area contributed by atoms with Gasteiger partial charge in [-0.1, -0.05) is 39.0 Å². The average molecular weight is 361 g/mol. The standard InChI is InChI=1S/C21H22F3NO/c1-14(13-20(2,3)4)15-5-7-16(8-6-15)19(26)25-18-11-9-17(10-12-18)21(22,23)24/h5-13H,1-4H3,(H,25,26). The zero-order valence-corrected chi connectivity index (χ0v) is 15.2. The molecule has 2 aromatic rings. The molecular weight excluding hydrogens is 339 g/mol. The maximum atomic E-state index is 12.6. The largest absolute Gasteiger partial charge is 0.416 e. The molecule has 0 heterocycles. The van der Waals surface area contributed by atoms with E-state index in [0.29, 0.717) is 11.3 Å². The number of carbonyl (C=O) groups excluding carboxylic acids is 1. The number of carbonyl (C=O) groups is 1. The Kier molecular flexibility index (Phi) is 5.59. The predicted octanol–water partition coefficient (Wildman–Crippen LogP) is 6.41. The summed E-state index contributed by atoms with van der Waals surface area (Å²) in [5.74, 6) is -0.367. The zero-order chi connectivity index (χ0) is 19.5. The van der Waals surface area contributed by atoms with Crippen LogP contribution in [0.15, 0.2) is 54.6 Å². The van der Waals surface area contributed by atoms with Crippen LogP contribution in [0.4, 0.5) is 18.9 Å². The molecular formula is C21H22F3NO. The molecule has 0 aliphatic heterocycles. The molecule has 2 nitrogen and oxygen atoms in total. The van der Waals surface area contributed by atoms with E-state index in [2.05, 4.69) is 32.2 Å². The minimum absolute atomic E-state index is 0.0582. The summed E-state index contributed by atoms with van der Waals surface area (Å²) in [6, 6.07) is 11.5. The lowest BCUT2D eigenvalue weighted by molar-refractivity contribution is -0.137. The van der Waals surface area contributed by atoms with E-state index in [1.807, 2.05) is 19.1 Å². The summed E-state index contributed by atoms with van der Waals surface area (Å²) in [6.45, 7) is 8.36. The van der Waals surface area contributed by atoms with E-state index in [1.54, 1.807) is 12.1 Å². The number of allylic oxidation sites excluding steroid dienone is 2. The highest BCUT2D eigenvalue weighted by molar-refractivity contribution is 6.04. The third-order valence-electron chi connectivity index (χ3n) is 3.72. The molecule has 1 amide bonds. The second-order valence-corrected chi connectivity index (χ2v) is 7.30. The van der Waals surface area contributed by atoms with Gasteiger partial charge < -0.3 is 5.32 Å². The highest BCUT2D eigenvalue weighted by Gasteiger charge is 2.30. The molecule has 138 valence electrons. The Morgan fingerprint density at radius 1 is 0.885 bits per heavy atom. The second-order valence-electron chi connectivity index (χ2n) is 7.30. The number of halogens is 3. The average Bonchev–Trinajstić information content (AvgIpc) is 2.53. The smallest absolute Gasteiger partial charge is 0.322 e. The van der Waals surface area contributed by atoms with Gasteiger partial charge in [0, 0.05) is 11.3 Å². The Hall–Kier alpha value is -2.56. The minimum atomic E-state index is -4.39. The van der Waals surface area contributed by atoms with E-state index in [1.165, 1.54) is 12.1 Å². The first kappa shape index (κ1) is 19.8. The molecule has 0 saturated carbocycles. The van der Waals surface area contributed by atoms with E-state index >= 15 is 0 Å². The number of amides is 1. The van der Waals surface area contributed by atoms with Crippen LogP contribution in [0.2, 0.25) is 0 Å². The van der Waals surface area contributed by atoms with Gasteiger partial charge in [0.25, 0.3) is 5.91 Å². The summed E-state index contributed by atoms with van der Waals surface area (Å²) >= 11 is 0. The van der Waals surface area contributed by atoms with Gasteiger partial charge in [-0.25, -0.2) is 0 Å². The molecule has 0 aliphatic rings. The number of nitrogens with one attached hydrogen (secondary N) is 1. The molecule has 0 unspecified atom stereocenters. The number of alkyl halides is 3. The van der Waals surface area contributed by atoms with Crippen LogP contribution >= 0.6 is 0 Å². The summed E-state index contributed by atoms with van der Waals surface area (Å²) in [6.07, 6.45) is -2.24. The van der Waals surface area contributed by atoms with Gasteiger partial charge in [-0.2, -0.15) is 13.2 Å². The summed E-state index contributed by atoms with van der Waals surface area (Å²) in [5, 5.41) is 2.60. The van der Waals surface area contributed by atoms with Crippen molar-refractivity contribution in [3.8, 4) is 0 Å². The minimum Gasteiger partial charge on any atom is -0.322 e. The molecule has 1 N–H and O–H groups in total. The first-order chi connectivity index (χ1) is 12.0. The van der Waals surface area contributed by atoms with Gasteiger partial charge in [-0.15, -0.1) is 0 Å². The molecule has 0 fully saturated rings. The fourth-order valence-corrected chi connectivity index (χ4v) is 2.56. The van der Waals surface area contributed by atoms with Crippen molar-refractivity contribution in [2.75, 3.05) is 5.32 Å². The van der Waals surface area contributed by atoms with E-state index in [4.69, 9.17) is 0 Å². The van der Waals surface area contributed by atoms with Crippen molar-refractivity contribution in [2.45, 2.75) is 33.9 Å². The second kappa shape index (κ2) is 7.36. The Balaban J connectivity index is 2.10. The van der Waals surface area contributed by atoms with Gasteiger partial charge >= 0.3 is 6.18 Å². The maximum absolute atomic E-state index is 12.6. The fourth-order valence-electron chi connectivity index (χ4n) is 2.56. The third kappa shape index (κ3) is 5.48. The maximum Gasteiger partial charge on any atom is 0.416 e. The quantitative estimate of drug-likeness (QED) is 0.673. The van der Waals surface area contributed by atoms with Crippen molar-refractivity contribution in [3.05, 3.63) is 71.3 Å². The highest BCUT2D eigenvalue weighted by Crippen LogP contribution is 2.30. The van der Waals surface area contributed by atoms with Crippen LogP contribution in [0, 0.1) is 5.41 Å². The first-order valence-corrected chi connectivity index (χ1v) is 8.24. The molecule has 0 aromatic heterocycles. The van der Waals surface area contributed by atoms with Crippen LogP contribution < -0.4 is 5.32 Å². The summed E-state index contributed by atoms with van der Waals surface area (Å²) in [5.41, 5.74) is 2.20. The topological polar surface area (TPSA) is 29.1 Å². The lowest BCUT2D eigenvalue weighted by atomic mass is 9.91. The van der Waals surface area contributed by atoms with Crippen LogP contribution in [0.5, 0.6) is 0 Å². The number of rotatable bonds is 3. The van der Waals surface area contributed by atoms with E-state index in [0.717, 1.165) is 23.3 Å². The van der Waals surface area contributed by atoms with Crippen molar-refractivity contribution in [2.24, 2.45) is 5.41 Å². The molecule has 0 saturated heterocycles. The van der Waals surface area contributed by atoms with Crippen molar-refractivity contribution in [1.29, 1.82) is 0 Å². The van der Waals surface area contributed by atoms with Gasteiger partial charge in [0.15, 0.2) is 0 Å². The zero-order valence-electron chi connectivity index (χ0n) is 15.2. The predicted molar refractivity (Wildman–Crippen MR) is 98.9 cm³/mol.